The van der Waals surface area contributed by atoms with Crippen LogP contribution in [0.5, 0.6) is 0 Å². The van der Waals surface area contributed by atoms with Crippen molar-refractivity contribution in [2.24, 2.45) is 0 Å². The molecule has 0 radical (unpaired) electrons. The van der Waals surface area contributed by atoms with Gasteiger partial charge < -0.3 is 14.4 Å². The molecule has 0 aromatic carbocycles. The fourth-order valence-corrected chi connectivity index (χ4v) is 3.02. The van der Waals surface area contributed by atoms with Crippen molar-refractivity contribution in [1.29, 1.82) is 0 Å². The number of aryl methyl sites for hydroxylation is 2. The first-order valence-electron chi connectivity index (χ1n) is 8.06. The Labute approximate surface area is 140 Å². The van der Waals surface area contributed by atoms with Crippen LogP contribution in [0.15, 0.2) is 12.4 Å². The molecule has 0 unspecified atom stereocenters. The van der Waals surface area contributed by atoms with Gasteiger partial charge in [0.15, 0.2) is 0 Å². The van der Waals surface area contributed by atoms with Crippen molar-refractivity contribution in [3.8, 4) is 0 Å². The largest absolute Gasteiger partial charge is 0.343 e. The minimum Gasteiger partial charge on any atom is -0.343 e. The van der Waals surface area contributed by atoms with Crippen LogP contribution in [0, 0.1) is 0 Å². The van der Waals surface area contributed by atoms with Gasteiger partial charge in [-0.05, 0) is 33.4 Å². The summed E-state index contributed by atoms with van der Waals surface area (Å²) in [6.45, 7) is 4.93. The third kappa shape index (κ3) is 4.99. The molecule has 0 aliphatic carbocycles. The number of carbonyl (C=O) groups is 1. The minimum atomic E-state index is 0. The lowest BCUT2D eigenvalue weighted by Crippen LogP contribution is -2.44. The van der Waals surface area contributed by atoms with Crippen LogP contribution >= 0.6 is 12.4 Å². The Morgan fingerprint density at radius 3 is 2.64 bits per heavy atom. The Kier molecular flexibility index (Phi) is 7.90. The molecule has 0 atom stereocenters. The second-order valence-electron chi connectivity index (χ2n) is 6.11. The van der Waals surface area contributed by atoms with Gasteiger partial charge in [0.2, 0.25) is 5.91 Å². The van der Waals surface area contributed by atoms with Gasteiger partial charge in [0.25, 0.3) is 0 Å². The molecule has 1 amide bonds. The highest BCUT2D eigenvalue weighted by atomic mass is 35.5. The molecule has 1 fully saturated rings. The minimum absolute atomic E-state index is 0. The summed E-state index contributed by atoms with van der Waals surface area (Å²) in [6, 6.07) is 0.623. The van der Waals surface area contributed by atoms with Crippen LogP contribution in [-0.2, 0) is 17.8 Å². The van der Waals surface area contributed by atoms with Gasteiger partial charge in [-0.25, -0.2) is 4.98 Å². The number of likely N-dealkylation sites (tertiary alicyclic amines) is 1. The molecule has 2 rings (SSSR count). The number of imidazole rings is 1. The molecule has 22 heavy (non-hydrogen) atoms. The maximum Gasteiger partial charge on any atom is 0.223 e. The van der Waals surface area contributed by atoms with E-state index in [-0.39, 0.29) is 18.3 Å². The number of aromatic nitrogens is 2. The van der Waals surface area contributed by atoms with Gasteiger partial charge in [-0.3, -0.25) is 4.79 Å². The van der Waals surface area contributed by atoms with E-state index < -0.39 is 0 Å². The topological polar surface area (TPSA) is 41.4 Å². The van der Waals surface area contributed by atoms with E-state index in [2.05, 4.69) is 35.5 Å². The lowest BCUT2D eigenvalue weighted by atomic mass is 10.0. The molecular formula is C16H29ClN4O. The van der Waals surface area contributed by atoms with E-state index in [1.165, 1.54) is 0 Å². The number of halogens is 1. The summed E-state index contributed by atoms with van der Waals surface area (Å²) in [4.78, 5) is 21.0. The molecule has 1 saturated heterocycles. The Morgan fingerprint density at radius 1 is 1.36 bits per heavy atom. The second-order valence-corrected chi connectivity index (χ2v) is 6.11. The first-order valence-corrected chi connectivity index (χ1v) is 8.06. The van der Waals surface area contributed by atoms with Crippen LogP contribution in [0.3, 0.4) is 0 Å². The van der Waals surface area contributed by atoms with Crippen molar-refractivity contribution in [2.45, 2.75) is 51.6 Å². The molecule has 1 aromatic rings. The average Bonchev–Trinajstić information content (AvgIpc) is 2.92. The van der Waals surface area contributed by atoms with Crippen molar-refractivity contribution in [1.82, 2.24) is 19.4 Å². The van der Waals surface area contributed by atoms with Crippen LogP contribution in [0.4, 0.5) is 0 Å². The van der Waals surface area contributed by atoms with Gasteiger partial charge >= 0.3 is 0 Å². The third-order valence-corrected chi connectivity index (χ3v) is 4.38. The van der Waals surface area contributed by atoms with E-state index in [1.54, 1.807) is 0 Å². The first-order chi connectivity index (χ1) is 10.1. The highest BCUT2D eigenvalue weighted by molar-refractivity contribution is 5.85. The van der Waals surface area contributed by atoms with E-state index in [1.807, 2.05) is 17.3 Å². The highest BCUT2D eigenvalue weighted by Crippen LogP contribution is 2.15. The second kappa shape index (κ2) is 9.16. The molecule has 6 heteroatoms. The maximum absolute atomic E-state index is 12.3. The van der Waals surface area contributed by atoms with Crippen LogP contribution in [0.2, 0.25) is 0 Å². The molecule has 1 aliphatic rings. The Morgan fingerprint density at radius 2 is 2.05 bits per heavy atom. The molecule has 0 N–H and O–H groups in total. The molecule has 5 nitrogen and oxygen atoms in total. The van der Waals surface area contributed by atoms with E-state index in [4.69, 9.17) is 0 Å². The van der Waals surface area contributed by atoms with Gasteiger partial charge in [-0.2, -0.15) is 0 Å². The van der Waals surface area contributed by atoms with Crippen LogP contribution in [-0.4, -0.2) is 58.5 Å². The standard InChI is InChI=1S/C16H28N4O.ClH/c1-4-10-19-13-9-17-15(19)5-6-16(21)20-11-7-14(8-12-20)18(2)3;/h9,13-14H,4-8,10-12H2,1-3H3;1H. The third-order valence-electron chi connectivity index (χ3n) is 4.38. The normalized spacial score (nSPS) is 15.9. The fourth-order valence-electron chi connectivity index (χ4n) is 3.02. The lowest BCUT2D eigenvalue weighted by Gasteiger charge is -2.35. The summed E-state index contributed by atoms with van der Waals surface area (Å²) in [5.74, 6) is 1.31. The van der Waals surface area contributed by atoms with Crippen LogP contribution in [0.25, 0.3) is 0 Å². The number of hydrogen-bond donors (Lipinski definition) is 0. The zero-order valence-corrected chi connectivity index (χ0v) is 14.8. The number of nitrogens with zero attached hydrogens (tertiary/aromatic N) is 4. The molecule has 1 aliphatic heterocycles. The van der Waals surface area contributed by atoms with Crippen molar-refractivity contribution < 1.29 is 4.79 Å². The smallest absolute Gasteiger partial charge is 0.223 e. The first kappa shape index (κ1) is 19.0. The Bertz CT molecular complexity index is 453. The number of carbonyl (C=O) groups excluding carboxylic acids is 1. The molecule has 2 heterocycles. The van der Waals surface area contributed by atoms with Crippen molar-refractivity contribution in [3.05, 3.63) is 18.2 Å². The van der Waals surface area contributed by atoms with E-state index in [9.17, 15) is 4.79 Å². The van der Waals surface area contributed by atoms with Gasteiger partial charge in [-0.1, -0.05) is 6.92 Å². The van der Waals surface area contributed by atoms with Crippen molar-refractivity contribution >= 4 is 18.3 Å². The summed E-state index contributed by atoms with van der Waals surface area (Å²) in [5.41, 5.74) is 0. The number of rotatable bonds is 6. The molecule has 126 valence electrons. The molecular weight excluding hydrogens is 300 g/mol. The summed E-state index contributed by atoms with van der Waals surface area (Å²) in [7, 11) is 4.24. The SMILES string of the molecule is CCCn1ccnc1CCC(=O)N1CCC(N(C)C)CC1.Cl. The summed E-state index contributed by atoms with van der Waals surface area (Å²) < 4.78 is 2.16. The Balaban J connectivity index is 0.00000242. The Hall–Kier alpha value is -1.07. The van der Waals surface area contributed by atoms with E-state index in [0.29, 0.717) is 12.5 Å². The summed E-state index contributed by atoms with van der Waals surface area (Å²) in [6.07, 6.45) is 8.43. The number of amides is 1. The van der Waals surface area contributed by atoms with Crippen LogP contribution in [0.1, 0.15) is 38.4 Å². The van der Waals surface area contributed by atoms with Gasteiger partial charge in [0, 0.05) is 50.9 Å². The van der Waals surface area contributed by atoms with Crippen molar-refractivity contribution in [3.63, 3.8) is 0 Å². The zero-order valence-electron chi connectivity index (χ0n) is 14.0. The average molecular weight is 329 g/mol. The predicted octanol–water partition coefficient (Wildman–Crippen LogP) is 2.20. The number of hydrogen-bond acceptors (Lipinski definition) is 3. The number of piperidine rings is 1. The zero-order chi connectivity index (χ0) is 15.2. The van der Waals surface area contributed by atoms with Crippen molar-refractivity contribution in [2.75, 3.05) is 27.2 Å². The van der Waals surface area contributed by atoms with E-state index >= 15 is 0 Å². The van der Waals surface area contributed by atoms with E-state index in [0.717, 1.165) is 51.1 Å². The van der Waals surface area contributed by atoms with Crippen LogP contribution < -0.4 is 0 Å². The fraction of sp³-hybridized carbons (Fsp3) is 0.750. The quantitative estimate of drug-likeness (QED) is 0.804. The van der Waals surface area contributed by atoms with Gasteiger partial charge in [-0.15, -0.1) is 12.4 Å². The summed E-state index contributed by atoms with van der Waals surface area (Å²) in [5, 5.41) is 0. The molecule has 1 aromatic heterocycles. The maximum atomic E-state index is 12.3. The molecule has 0 saturated carbocycles. The predicted molar refractivity (Wildman–Crippen MR) is 91.4 cm³/mol. The molecule has 0 spiro atoms. The van der Waals surface area contributed by atoms with Gasteiger partial charge in [0.1, 0.15) is 5.82 Å². The monoisotopic (exact) mass is 328 g/mol. The highest BCUT2D eigenvalue weighted by Gasteiger charge is 2.23. The molecule has 0 bridgehead atoms. The lowest BCUT2D eigenvalue weighted by molar-refractivity contribution is -0.132. The van der Waals surface area contributed by atoms with Gasteiger partial charge in [0.05, 0.1) is 0 Å². The summed E-state index contributed by atoms with van der Waals surface area (Å²) >= 11 is 0.